The fraction of sp³-hybridized carbons (Fsp3) is 0. The lowest BCUT2D eigenvalue weighted by atomic mass is 10.2. The minimum atomic E-state index is -0.370. The Labute approximate surface area is 148 Å². The number of hydrogen-bond donors (Lipinski definition) is 0. The van der Waals surface area contributed by atoms with Gasteiger partial charge in [-0.1, -0.05) is 24.3 Å². The van der Waals surface area contributed by atoms with Crippen LogP contribution in [0.2, 0.25) is 0 Å². The fourth-order valence-electron chi connectivity index (χ4n) is 2.62. The van der Waals surface area contributed by atoms with Crippen molar-refractivity contribution in [2.45, 2.75) is 0 Å². The maximum atomic E-state index is 13.4. The molecule has 0 N–H and O–H groups in total. The Balaban J connectivity index is 1.94. The molecule has 2 heterocycles. The molecule has 4 rings (SSSR count). The Hall–Kier alpha value is -3.67. The van der Waals surface area contributed by atoms with Crippen LogP contribution in [0.15, 0.2) is 83.0 Å². The number of para-hydroxylation sites is 1. The summed E-state index contributed by atoms with van der Waals surface area (Å²) in [7, 11) is 0. The molecule has 0 aliphatic carbocycles. The van der Waals surface area contributed by atoms with E-state index in [4.69, 9.17) is 0 Å². The highest BCUT2D eigenvalue weighted by molar-refractivity contribution is 5.81. The molecule has 0 aliphatic rings. The summed E-state index contributed by atoms with van der Waals surface area (Å²) in [6, 6.07) is 16.6. The summed E-state index contributed by atoms with van der Waals surface area (Å²) in [5, 5.41) is 4.72. The molecule has 0 atom stereocenters. The lowest BCUT2D eigenvalue weighted by molar-refractivity contribution is 0.627. The lowest BCUT2D eigenvalue weighted by Crippen LogP contribution is -2.20. The molecule has 5 nitrogen and oxygen atoms in total. The van der Waals surface area contributed by atoms with Gasteiger partial charge in [0.1, 0.15) is 5.82 Å². The summed E-state index contributed by atoms with van der Waals surface area (Å²) in [6.07, 6.45) is 4.69. The molecule has 0 unspecified atom stereocenters. The van der Waals surface area contributed by atoms with Crippen LogP contribution in [0.25, 0.3) is 22.3 Å². The average molecular weight is 344 g/mol. The van der Waals surface area contributed by atoms with Crippen molar-refractivity contribution in [1.82, 2.24) is 14.6 Å². The van der Waals surface area contributed by atoms with Crippen molar-refractivity contribution < 1.29 is 4.39 Å². The van der Waals surface area contributed by atoms with Crippen LogP contribution in [0.3, 0.4) is 0 Å². The summed E-state index contributed by atoms with van der Waals surface area (Å²) >= 11 is 0. The maximum absolute atomic E-state index is 13.4. The molecule has 0 bridgehead atoms. The Morgan fingerprint density at radius 2 is 1.92 bits per heavy atom. The minimum absolute atomic E-state index is 0.304. The minimum Gasteiger partial charge on any atom is -0.267 e. The fourth-order valence-corrected chi connectivity index (χ4v) is 2.62. The molecule has 0 saturated carbocycles. The van der Waals surface area contributed by atoms with Gasteiger partial charge in [-0.2, -0.15) is 9.78 Å². The van der Waals surface area contributed by atoms with Crippen molar-refractivity contribution in [3.05, 3.63) is 94.8 Å². The molecule has 6 heteroatoms. The van der Waals surface area contributed by atoms with E-state index in [0.29, 0.717) is 27.9 Å². The van der Waals surface area contributed by atoms with Crippen molar-refractivity contribution in [1.29, 1.82) is 0 Å². The van der Waals surface area contributed by atoms with Crippen LogP contribution in [-0.2, 0) is 0 Å². The third kappa shape index (κ3) is 3.00. The number of benzene rings is 2. The van der Waals surface area contributed by atoms with Gasteiger partial charge in [0.15, 0.2) is 5.82 Å². The molecule has 2 aromatic carbocycles. The zero-order valence-corrected chi connectivity index (χ0v) is 13.6. The molecule has 0 spiro atoms. The van der Waals surface area contributed by atoms with E-state index < -0.39 is 0 Å². The van der Waals surface area contributed by atoms with Crippen LogP contribution in [0.1, 0.15) is 5.56 Å². The quantitative estimate of drug-likeness (QED) is 0.535. The van der Waals surface area contributed by atoms with Crippen molar-refractivity contribution in [2.75, 3.05) is 0 Å². The van der Waals surface area contributed by atoms with Crippen LogP contribution >= 0.6 is 0 Å². The number of halogens is 1. The number of rotatable bonds is 3. The number of aromatic nitrogens is 3. The van der Waals surface area contributed by atoms with Gasteiger partial charge < -0.3 is 0 Å². The predicted molar refractivity (Wildman–Crippen MR) is 98.6 cm³/mol. The summed E-state index contributed by atoms with van der Waals surface area (Å²) in [5.41, 5.74) is 1.48. The van der Waals surface area contributed by atoms with E-state index in [1.54, 1.807) is 54.9 Å². The predicted octanol–water partition coefficient (Wildman–Crippen LogP) is 3.48. The van der Waals surface area contributed by atoms with E-state index in [9.17, 15) is 9.18 Å². The third-order valence-electron chi connectivity index (χ3n) is 3.84. The van der Waals surface area contributed by atoms with Gasteiger partial charge in [0.05, 0.1) is 17.1 Å². The first-order valence-corrected chi connectivity index (χ1v) is 7.94. The first-order chi connectivity index (χ1) is 12.7. The molecule has 126 valence electrons. The first kappa shape index (κ1) is 15.8. The van der Waals surface area contributed by atoms with Crippen molar-refractivity contribution in [3.63, 3.8) is 0 Å². The molecule has 0 fully saturated rings. The van der Waals surface area contributed by atoms with E-state index in [-0.39, 0.29) is 11.4 Å². The van der Waals surface area contributed by atoms with Crippen molar-refractivity contribution in [3.8, 4) is 11.4 Å². The molecule has 0 aliphatic heterocycles. The van der Waals surface area contributed by atoms with Gasteiger partial charge in [0.25, 0.3) is 5.56 Å². The zero-order valence-electron chi connectivity index (χ0n) is 13.6. The summed E-state index contributed by atoms with van der Waals surface area (Å²) < 4.78 is 14.6. The lowest BCUT2D eigenvalue weighted by Gasteiger charge is -2.09. The molecule has 4 aromatic rings. The molecular weight excluding hydrogens is 331 g/mol. The van der Waals surface area contributed by atoms with Crippen LogP contribution < -0.4 is 5.56 Å². The van der Waals surface area contributed by atoms with Crippen LogP contribution in [-0.4, -0.2) is 20.9 Å². The van der Waals surface area contributed by atoms with Crippen LogP contribution in [0.5, 0.6) is 0 Å². The van der Waals surface area contributed by atoms with E-state index in [1.165, 1.54) is 23.0 Å². The molecule has 2 aromatic heterocycles. The number of nitrogens with zero attached hydrogens (tertiary/aromatic N) is 4. The van der Waals surface area contributed by atoms with Gasteiger partial charge in [-0.15, -0.1) is 0 Å². The van der Waals surface area contributed by atoms with Gasteiger partial charge in [-0.25, -0.2) is 9.37 Å². The van der Waals surface area contributed by atoms with E-state index >= 15 is 0 Å². The third-order valence-corrected chi connectivity index (χ3v) is 3.84. The second kappa shape index (κ2) is 6.68. The van der Waals surface area contributed by atoms with Crippen LogP contribution in [0.4, 0.5) is 4.39 Å². The number of hydrogen-bond acceptors (Lipinski definition) is 4. The van der Waals surface area contributed by atoms with E-state index in [1.807, 2.05) is 6.07 Å². The highest BCUT2D eigenvalue weighted by atomic mass is 19.1. The van der Waals surface area contributed by atoms with Gasteiger partial charge in [0, 0.05) is 18.0 Å². The van der Waals surface area contributed by atoms with Gasteiger partial charge >= 0.3 is 0 Å². The number of pyridine rings is 1. The monoisotopic (exact) mass is 344 g/mol. The normalized spacial score (nSPS) is 11.3. The Morgan fingerprint density at radius 3 is 2.73 bits per heavy atom. The molecule has 0 radical (unpaired) electrons. The van der Waals surface area contributed by atoms with Crippen LogP contribution in [0, 0.1) is 5.82 Å². The highest BCUT2D eigenvalue weighted by Gasteiger charge is 2.12. The molecule has 26 heavy (non-hydrogen) atoms. The zero-order chi connectivity index (χ0) is 17.9. The average Bonchev–Trinajstić information content (AvgIpc) is 2.68. The summed E-state index contributed by atoms with van der Waals surface area (Å²) in [4.78, 5) is 21.6. The molecular formula is C20H13FN4O. The Bertz CT molecular complexity index is 1170. The summed E-state index contributed by atoms with van der Waals surface area (Å²) in [6.45, 7) is 0. The second-order valence-corrected chi connectivity index (χ2v) is 5.61. The van der Waals surface area contributed by atoms with Gasteiger partial charge in [0.2, 0.25) is 0 Å². The highest BCUT2D eigenvalue weighted by Crippen LogP contribution is 2.17. The standard InChI is InChI=1S/C20H13FN4O/c21-16-7-3-5-14(11-16)12-23-25-19(15-6-4-10-22-13-15)24-18-9-2-1-8-17(18)20(25)26/h1-13H. The number of fused-ring (bicyclic) bond motifs is 1. The smallest absolute Gasteiger partial charge is 0.267 e. The largest absolute Gasteiger partial charge is 0.282 e. The van der Waals surface area contributed by atoms with Gasteiger partial charge in [-0.05, 0) is 42.0 Å². The van der Waals surface area contributed by atoms with Crippen molar-refractivity contribution in [2.24, 2.45) is 5.10 Å². The van der Waals surface area contributed by atoms with E-state index in [2.05, 4.69) is 15.1 Å². The SMILES string of the molecule is O=c1c2ccccc2nc(-c2cccnc2)n1N=Cc1cccc(F)c1. The van der Waals surface area contributed by atoms with Crippen molar-refractivity contribution >= 4 is 17.1 Å². The second-order valence-electron chi connectivity index (χ2n) is 5.61. The van der Waals surface area contributed by atoms with E-state index in [0.717, 1.165) is 0 Å². The molecule has 0 saturated heterocycles. The Kier molecular flexibility index (Phi) is 4.07. The molecule has 0 amide bonds. The summed E-state index contributed by atoms with van der Waals surface area (Å²) in [5.74, 6) is -0.000121. The topological polar surface area (TPSA) is 60.1 Å². The Morgan fingerprint density at radius 1 is 1.04 bits per heavy atom. The van der Waals surface area contributed by atoms with Gasteiger partial charge in [-0.3, -0.25) is 9.78 Å². The first-order valence-electron chi connectivity index (χ1n) is 7.94. The maximum Gasteiger partial charge on any atom is 0.282 e.